The maximum atomic E-state index is 4.33. The lowest BCUT2D eigenvalue weighted by Gasteiger charge is -2.46. The molecule has 4 nitrogen and oxygen atoms in total. The molecule has 0 aliphatic carbocycles. The highest BCUT2D eigenvalue weighted by Crippen LogP contribution is 2.27. The summed E-state index contributed by atoms with van der Waals surface area (Å²) >= 11 is 0. The van der Waals surface area contributed by atoms with E-state index in [0.717, 1.165) is 32.1 Å². The molecule has 1 N–H and O–H groups in total. The molecular formula is C17H32N4. The predicted octanol–water partition coefficient (Wildman–Crippen LogP) is 2.62. The van der Waals surface area contributed by atoms with E-state index in [9.17, 15) is 0 Å². The Bertz CT molecular complexity index is 405. The van der Waals surface area contributed by atoms with Gasteiger partial charge in [-0.25, -0.2) is 0 Å². The maximum Gasteiger partial charge on any atom is 0.0536 e. The van der Waals surface area contributed by atoms with Gasteiger partial charge < -0.3 is 5.32 Å². The summed E-state index contributed by atoms with van der Waals surface area (Å²) in [5.74, 6) is 0.752. The number of hydrogen-bond acceptors (Lipinski definition) is 3. The first-order valence-corrected chi connectivity index (χ1v) is 8.31. The van der Waals surface area contributed by atoms with Gasteiger partial charge in [0, 0.05) is 44.1 Å². The molecule has 2 unspecified atom stereocenters. The van der Waals surface area contributed by atoms with Crippen molar-refractivity contribution in [2.75, 3.05) is 19.6 Å². The van der Waals surface area contributed by atoms with Crippen LogP contribution in [0.4, 0.5) is 0 Å². The van der Waals surface area contributed by atoms with Gasteiger partial charge in [-0.15, -0.1) is 0 Å². The van der Waals surface area contributed by atoms with Crippen molar-refractivity contribution in [3.8, 4) is 0 Å². The van der Waals surface area contributed by atoms with Gasteiger partial charge in [-0.2, -0.15) is 5.10 Å². The van der Waals surface area contributed by atoms with Crippen molar-refractivity contribution in [2.24, 2.45) is 11.3 Å². The Morgan fingerprint density at radius 1 is 1.29 bits per heavy atom. The molecule has 0 spiro atoms. The molecule has 1 aliphatic heterocycles. The second kappa shape index (κ2) is 6.93. The van der Waals surface area contributed by atoms with Gasteiger partial charge in [0.1, 0.15) is 0 Å². The molecule has 4 heteroatoms. The molecule has 1 saturated heterocycles. The molecule has 1 fully saturated rings. The van der Waals surface area contributed by atoms with E-state index < -0.39 is 0 Å². The van der Waals surface area contributed by atoms with Crippen LogP contribution < -0.4 is 5.32 Å². The Kier molecular flexibility index (Phi) is 5.44. The van der Waals surface area contributed by atoms with Crippen LogP contribution in [-0.4, -0.2) is 46.4 Å². The highest BCUT2D eigenvalue weighted by Gasteiger charge is 2.35. The molecule has 2 atom stereocenters. The Morgan fingerprint density at radius 2 is 2.05 bits per heavy atom. The van der Waals surface area contributed by atoms with Crippen molar-refractivity contribution in [1.82, 2.24) is 20.0 Å². The number of piperazine rings is 1. The fourth-order valence-corrected chi connectivity index (χ4v) is 3.37. The standard InChI is InChI=1S/C17H32N4/c1-14(2)11-15-13-20(9-10-21-8-6-7-19-21)16(12-18-15)17(3,4)5/h6-8,14-16,18H,9-13H2,1-5H3. The zero-order chi connectivity index (χ0) is 15.5. The van der Waals surface area contributed by atoms with E-state index in [1.807, 2.05) is 16.9 Å². The Hall–Kier alpha value is -0.870. The van der Waals surface area contributed by atoms with E-state index in [1.54, 1.807) is 0 Å². The summed E-state index contributed by atoms with van der Waals surface area (Å²) in [5.41, 5.74) is 0.305. The van der Waals surface area contributed by atoms with Crippen LogP contribution in [0.25, 0.3) is 0 Å². The second-order valence-electron chi connectivity index (χ2n) is 7.88. The summed E-state index contributed by atoms with van der Waals surface area (Å²) in [4.78, 5) is 2.67. The molecule has 120 valence electrons. The van der Waals surface area contributed by atoms with Crippen LogP contribution in [0.15, 0.2) is 18.5 Å². The van der Waals surface area contributed by atoms with Gasteiger partial charge in [-0.3, -0.25) is 9.58 Å². The van der Waals surface area contributed by atoms with E-state index in [0.29, 0.717) is 17.5 Å². The topological polar surface area (TPSA) is 33.1 Å². The molecule has 1 aromatic rings. The van der Waals surface area contributed by atoms with Gasteiger partial charge >= 0.3 is 0 Å². The molecule has 1 aliphatic rings. The largest absolute Gasteiger partial charge is 0.311 e. The van der Waals surface area contributed by atoms with Gasteiger partial charge in [-0.1, -0.05) is 34.6 Å². The average Bonchev–Trinajstić information content (AvgIpc) is 2.87. The maximum absolute atomic E-state index is 4.33. The quantitative estimate of drug-likeness (QED) is 0.905. The van der Waals surface area contributed by atoms with Crippen LogP contribution in [0.5, 0.6) is 0 Å². The Labute approximate surface area is 129 Å². The predicted molar refractivity (Wildman–Crippen MR) is 88.3 cm³/mol. The van der Waals surface area contributed by atoms with Crippen molar-refractivity contribution in [3.05, 3.63) is 18.5 Å². The molecule has 0 saturated carbocycles. The molecule has 0 aromatic carbocycles. The minimum Gasteiger partial charge on any atom is -0.311 e. The highest BCUT2D eigenvalue weighted by molar-refractivity contribution is 4.92. The fourth-order valence-electron chi connectivity index (χ4n) is 3.37. The first-order chi connectivity index (χ1) is 9.86. The van der Waals surface area contributed by atoms with Crippen molar-refractivity contribution in [1.29, 1.82) is 0 Å². The van der Waals surface area contributed by atoms with Crippen molar-refractivity contribution < 1.29 is 0 Å². The minimum absolute atomic E-state index is 0.305. The second-order valence-corrected chi connectivity index (χ2v) is 7.88. The van der Waals surface area contributed by atoms with Gasteiger partial charge in [0.05, 0.1) is 6.54 Å². The van der Waals surface area contributed by atoms with Crippen molar-refractivity contribution in [2.45, 2.75) is 59.7 Å². The number of nitrogens with one attached hydrogen (secondary N) is 1. The summed E-state index contributed by atoms with van der Waals surface area (Å²) in [6.45, 7) is 16.0. The number of nitrogens with zero attached hydrogens (tertiary/aromatic N) is 3. The van der Waals surface area contributed by atoms with Crippen LogP contribution in [0, 0.1) is 11.3 Å². The molecule has 1 aromatic heterocycles. The zero-order valence-electron chi connectivity index (χ0n) is 14.3. The van der Waals surface area contributed by atoms with Crippen LogP contribution in [-0.2, 0) is 6.54 Å². The Balaban J connectivity index is 1.98. The lowest BCUT2D eigenvalue weighted by molar-refractivity contribution is 0.0480. The first-order valence-electron chi connectivity index (χ1n) is 8.31. The monoisotopic (exact) mass is 292 g/mol. The van der Waals surface area contributed by atoms with Crippen LogP contribution in [0.2, 0.25) is 0 Å². The van der Waals surface area contributed by atoms with Gasteiger partial charge in [-0.05, 0) is 23.8 Å². The number of hydrogen-bond donors (Lipinski definition) is 1. The summed E-state index contributed by atoms with van der Waals surface area (Å²) in [5, 5.41) is 8.10. The van der Waals surface area contributed by atoms with Gasteiger partial charge in [0.2, 0.25) is 0 Å². The van der Waals surface area contributed by atoms with Crippen molar-refractivity contribution in [3.63, 3.8) is 0 Å². The van der Waals surface area contributed by atoms with E-state index in [2.05, 4.69) is 56.1 Å². The Morgan fingerprint density at radius 3 is 2.62 bits per heavy atom. The molecule has 2 rings (SSSR count). The van der Waals surface area contributed by atoms with Gasteiger partial charge in [0.25, 0.3) is 0 Å². The number of rotatable bonds is 5. The van der Waals surface area contributed by atoms with Crippen LogP contribution in [0.3, 0.4) is 0 Å². The summed E-state index contributed by atoms with van der Waals surface area (Å²) < 4.78 is 2.04. The van der Waals surface area contributed by atoms with E-state index in [1.165, 1.54) is 6.42 Å². The van der Waals surface area contributed by atoms with E-state index in [-0.39, 0.29) is 0 Å². The first kappa shape index (κ1) is 16.5. The smallest absolute Gasteiger partial charge is 0.0536 e. The average molecular weight is 292 g/mol. The lowest BCUT2D eigenvalue weighted by Crippen LogP contribution is -2.61. The molecule has 2 heterocycles. The van der Waals surface area contributed by atoms with E-state index >= 15 is 0 Å². The lowest BCUT2D eigenvalue weighted by atomic mass is 9.83. The van der Waals surface area contributed by atoms with Crippen LogP contribution >= 0.6 is 0 Å². The minimum atomic E-state index is 0.305. The van der Waals surface area contributed by atoms with Crippen molar-refractivity contribution >= 4 is 0 Å². The zero-order valence-corrected chi connectivity index (χ0v) is 14.3. The van der Waals surface area contributed by atoms with Gasteiger partial charge in [0.15, 0.2) is 0 Å². The molecule has 21 heavy (non-hydrogen) atoms. The summed E-state index contributed by atoms with van der Waals surface area (Å²) in [6.07, 6.45) is 5.18. The van der Waals surface area contributed by atoms with Crippen LogP contribution in [0.1, 0.15) is 41.0 Å². The highest BCUT2D eigenvalue weighted by atomic mass is 15.3. The molecule has 0 radical (unpaired) electrons. The summed E-state index contributed by atoms with van der Waals surface area (Å²) in [6, 6.07) is 3.22. The molecular weight excluding hydrogens is 260 g/mol. The SMILES string of the molecule is CC(C)CC1CN(CCn2cccn2)C(C(C)(C)C)CN1. The number of aromatic nitrogens is 2. The normalized spacial score (nSPS) is 24.7. The summed E-state index contributed by atoms with van der Waals surface area (Å²) in [7, 11) is 0. The third-order valence-electron chi connectivity index (χ3n) is 4.43. The molecule has 0 amide bonds. The fraction of sp³-hybridized carbons (Fsp3) is 0.824. The third-order valence-corrected chi connectivity index (χ3v) is 4.43. The third kappa shape index (κ3) is 4.82. The molecule has 0 bridgehead atoms. The van der Waals surface area contributed by atoms with E-state index in [4.69, 9.17) is 0 Å².